The number of rotatable bonds is 0. The van der Waals surface area contributed by atoms with Gasteiger partial charge in [-0.1, -0.05) is 48.6 Å². The van der Waals surface area contributed by atoms with Crippen LogP contribution in [0.2, 0.25) is 0 Å². The summed E-state index contributed by atoms with van der Waals surface area (Å²) in [5, 5.41) is 0. The molecule has 98 valence electrons. The fourth-order valence-corrected chi connectivity index (χ4v) is 1.75. The summed E-state index contributed by atoms with van der Waals surface area (Å²) < 4.78 is 0. The van der Waals surface area contributed by atoms with Gasteiger partial charge in [0.15, 0.2) is 0 Å². The van der Waals surface area contributed by atoms with E-state index in [0.717, 1.165) is 0 Å². The van der Waals surface area contributed by atoms with E-state index in [4.69, 9.17) is 0 Å². The molecule has 0 N–H and O–H groups in total. The van der Waals surface area contributed by atoms with Gasteiger partial charge < -0.3 is 0 Å². The summed E-state index contributed by atoms with van der Waals surface area (Å²) in [5.41, 5.74) is 0. The zero-order chi connectivity index (χ0) is 11.3. The Morgan fingerprint density at radius 2 is 0.647 bits per heavy atom. The van der Waals surface area contributed by atoms with Crippen molar-refractivity contribution in [1.29, 1.82) is 0 Å². The molecule has 17 heavy (non-hydrogen) atoms. The molecule has 0 unspecified atom stereocenters. The van der Waals surface area contributed by atoms with E-state index in [-0.39, 0.29) is 21.1 Å². The largest absolute Gasteiger partial charge is 0.0845 e. The van der Waals surface area contributed by atoms with Gasteiger partial charge in [-0.3, -0.25) is 0 Å². The summed E-state index contributed by atoms with van der Waals surface area (Å²) in [6.45, 7) is 0. The second-order valence-corrected chi connectivity index (χ2v) is 4.28. The molecular formula is C16H24Pt. The van der Waals surface area contributed by atoms with Gasteiger partial charge in [0.05, 0.1) is 0 Å². The van der Waals surface area contributed by atoms with Crippen LogP contribution in [0.25, 0.3) is 0 Å². The van der Waals surface area contributed by atoms with Crippen LogP contribution in [0.1, 0.15) is 51.4 Å². The molecule has 0 heterocycles. The van der Waals surface area contributed by atoms with E-state index >= 15 is 0 Å². The summed E-state index contributed by atoms with van der Waals surface area (Å²) in [5.74, 6) is 0. The monoisotopic (exact) mass is 411 g/mol. The third kappa shape index (κ3) is 11.9. The first kappa shape index (κ1) is 16.6. The summed E-state index contributed by atoms with van der Waals surface area (Å²) in [6.07, 6.45) is 28.0. The maximum atomic E-state index is 2.23. The first-order chi connectivity index (χ1) is 8.00. The minimum Gasteiger partial charge on any atom is -0.0845 e. The smallest absolute Gasteiger partial charge is 0 e. The van der Waals surface area contributed by atoms with E-state index in [1.165, 1.54) is 51.4 Å². The Morgan fingerprint density at radius 3 is 0.882 bits per heavy atom. The van der Waals surface area contributed by atoms with Crippen LogP contribution in [0.15, 0.2) is 48.6 Å². The van der Waals surface area contributed by atoms with Gasteiger partial charge in [0.1, 0.15) is 0 Å². The maximum absolute atomic E-state index is 2.23. The Bertz CT molecular complexity index is 203. The van der Waals surface area contributed by atoms with Crippen molar-refractivity contribution in [2.45, 2.75) is 51.4 Å². The van der Waals surface area contributed by atoms with Crippen molar-refractivity contribution in [2.24, 2.45) is 0 Å². The molecule has 0 spiro atoms. The van der Waals surface area contributed by atoms with E-state index in [1.807, 2.05) is 0 Å². The molecule has 2 aliphatic rings. The van der Waals surface area contributed by atoms with Crippen molar-refractivity contribution in [3.63, 3.8) is 0 Å². The molecule has 0 aromatic heterocycles. The van der Waals surface area contributed by atoms with Gasteiger partial charge in [-0.25, -0.2) is 0 Å². The molecule has 0 amide bonds. The van der Waals surface area contributed by atoms with E-state index in [2.05, 4.69) is 48.6 Å². The van der Waals surface area contributed by atoms with E-state index < -0.39 is 0 Å². The van der Waals surface area contributed by atoms with Crippen LogP contribution in [0.5, 0.6) is 0 Å². The van der Waals surface area contributed by atoms with Crippen LogP contribution in [-0.4, -0.2) is 0 Å². The molecule has 0 radical (unpaired) electrons. The molecule has 0 aromatic carbocycles. The molecule has 0 saturated carbocycles. The van der Waals surface area contributed by atoms with Gasteiger partial charge in [-0.15, -0.1) is 0 Å². The van der Waals surface area contributed by atoms with Gasteiger partial charge in [0.2, 0.25) is 0 Å². The van der Waals surface area contributed by atoms with Crippen molar-refractivity contribution in [3.05, 3.63) is 48.6 Å². The standard InChI is InChI=1S/2C8H12.Pt/c2*1-2-4-6-8-7-5-3-1;/h2*1-4H,5-8H2;. The van der Waals surface area contributed by atoms with E-state index in [9.17, 15) is 0 Å². The summed E-state index contributed by atoms with van der Waals surface area (Å²) >= 11 is 0. The van der Waals surface area contributed by atoms with Gasteiger partial charge in [-0.05, 0) is 51.4 Å². The van der Waals surface area contributed by atoms with Gasteiger partial charge in [0, 0.05) is 21.1 Å². The first-order valence-corrected chi connectivity index (χ1v) is 6.63. The molecule has 0 fully saturated rings. The van der Waals surface area contributed by atoms with Crippen LogP contribution in [0, 0.1) is 0 Å². The van der Waals surface area contributed by atoms with Crippen molar-refractivity contribution < 1.29 is 21.1 Å². The first-order valence-electron chi connectivity index (χ1n) is 6.63. The van der Waals surface area contributed by atoms with E-state index in [1.54, 1.807) is 0 Å². The number of hydrogen-bond acceptors (Lipinski definition) is 0. The summed E-state index contributed by atoms with van der Waals surface area (Å²) in [4.78, 5) is 0. The number of allylic oxidation sites excluding steroid dienone is 8. The number of hydrogen-bond donors (Lipinski definition) is 0. The van der Waals surface area contributed by atoms with Crippen molar-refractivity contribution in [2.75, 3.05) is 0 Å². The molecule has 0 bridgehead atoms. The summed E-state index contributed by atoms with van der Waals surface area (Å²) in [7, 11) is 0. The third-order valence-corrected chi connectivity index (χ3v) is 2.75. The molecule has 2 aliphatic carbocycles. The van der Waals surface area contributed by atoms with Gasteiger partial charge >= 0.3 is 0 Å². The Morgan fingerprint density at radius 1 is 0.412 bits per heavy atom. The minimum atomic E-state index is 0. The van der Waals surface area contributed by atoms with Crippen LogP contribution < -0.4 is 0 Å². The molecule has 0 saturated heterocycles. The average Bonchev–Trinajstić information content (AvgIpc) is 2.15. The zero-order valence-corrected chi connectivity index (χ0v) is 12.9. The van der Waals surface area contributed by atoms with Crippen molar-refractivity contribution in [1.82, 2.24) is 0 Å². The fourth-order valence-electron chi connectivity index (χ4n) is 1.75. The fraction of sp³-hybridized carbons (Fsp3) is 0.500. The van der Waals surface area contributed by atoms with Crippen LogP contribution in [0.3, 0.4) is 0 Å². The normalized spacial score (nSPS) is 18.8. The quantitative estimate of drug-likeness (QED) is 0.505. The molecular weight excluding hydrogens is 387 g/mol. The topological polar surface area (TPSA) is 0 Å². The second kappa shape index (κ2) is 13.7. The molecule has 0 aromatic rings. The van der Waals surface area contributed by atoms with Crippen LogP contribution in [0.4, 0.5) is 0 Å². The molecule has 0 nitrogen and oxygen atoms in total. The summed E-state index contributed by atoms with van der Waals surface area (Å²) in [6, 6.07) is 0. The van der Waals surface area contributed by atoms with Crippen molar-refractivity contribution in [3.8, 4) is 0 Å². The van der Waals surface area contributed by atoms with E-state index in [0.29, 0.717) is 0 Å². The van der Waals surface area contributed by atoms with Gasteiger partial charge in [-0.2, -0.15) is 0 Å². The molecule has 0 atom stereocenters. The third-order valence-electron chi connectivity index (χ3n) is 2.75. The van der Waals surface area contributed by atoms with Crippen LogP contribution in [-0.2, 0) is 21.1 Å². The second-order valence-electron chi connectivity index (χ2n) is 4.28. The average molecular weight is 411 g/mol. The minimum absolute atomic E-state index is 0. The van der Waals surface area contributed by atoms with Crippen molar-refractivity contribution >= 4 is 0 Å². The molecule has 0 aliphatic heterocycles. The Kier molecular flexibility index (Phi) is 13.4. The maximum Gasteiger partial charge on any atom is 0 e. The Hall–Kier alpha value is -0.352. The predicted octanol–water partition coefficient (Wildman–Crippen LogP) is 5.34. The predicted molar refractivity (Wildman–Crippen MR) is 73.5 cm³/mol. The van der Waals surface area contributed by atoms with Gasteiger partial charge in [0.25, 0.3) is 0 Å². The van der Waals surface area contributed by atoms with Crippen LogP contribution >= 0.6 is 0 Å². The Balaban J connectivity index is 0.000000284. The zero-order valence-electron chi connectivity index (χ0n) is 10.6. The Labute approximate surface area is 121 Å². The molecule has 1 heteroatoms. The SMILES string of the molecule is C1=CCCCCC=C1.C1=CCCCCC=C1.[Pt]. The molecule has 2 rings (SSSR count).